The normalized spacial score (nSPS) is 11.4. The van der Waals surface area contributed by atoms with E-state index >= 15 is 0 Å². The van der Waals surface area contributed by atoms with Crippen LogP contribution in [-0.4, -0.2) is 51.1 Å². The molecular formula is C21H25BrN2O5. The van der Waals surface area contributed by atoms with Crippen LogP contribution in [0.3, 0.4) is 0 Å². The van der Waals surface area contributed by atoms with Gasteiger partial charge in [0.1, 0.15) is 5.75 Å². The second-order valence-electron chi connectivity index (χ2n) is 6.64. The first kappa shape index (κ1) is 22.5. The van der Waals surface area contributed by atoms with Crippen LogP contribution in [0.4, 0.5) is 5.69 Å². The molecule has 7 nitrogen and oxygen atoms in total. The summed E-state index contributed by atoms with van der Waals surface area (Å²) in [6.45, 7) is 3.60. The fraction of sp³-hybridized carbons (Fsp3) is 0.333. The maximum absolute atomic E-state index is 12.7. The van der Waals surface area contributed by atoms with Gasteiger partial charge in [-0.05, 0) is 53.5 Å². The molecule has 0 aliphatic carbocycles. The number of carbonyl (C=O) groups excluding carboxylic acids is 2. The van der Waals surface area contributed by atoms with E-state index < -0.39 is 12.0 Å². The van der Waals surface area contributed by atoms with Crippen molar-refractivity contribution in [2.45, 2.75) is 20.0 Å². The second kappa shape index (κ2) is 9.65. The molecule has 0 radical (unpaired) electrons. The number of methoxy groups -OCH3 is 2. The summed E-state index contributed by atoms with van der Waals surface area (Å²) in [6, 6.07) is 8.69. The van der Waals surface area contributed by atoms with Crippen molar-refractivity contribution < 1.29 is 23.8 Å². The first-order valence-corrected chi connectivity index (χ1v) is 9.68. The molecule has 8 heteroatoms. The standard InChI is InChI=1S/C21H25BrN2O5/c1-12-7-8-17(15(22)9-12)29-13(2)20(25)23-16-11-19(28-6)18(27-5)10-14(16)21(26)24(3)4/h7-11,13H,1-6H3,(H,23,25). The van der Waals surface area contributed by atoms with Crippen molar-refractivity contribution in [1.82, 2.24) is 4.90 Å². The van der Waals surface area contributed by atoms with E-state index in [0.717, 1.165) is 10.0 Å². The van der Waals surface area contributed by atoms with Gasteiger partial charge in [-0.1, -0.05) is 6.07 Å². The maximum Gasteiger partial charge on any atom is 0.265 e. The molecule has 0 saturated heterocycles. The fourth-order valence-electron chi connectivity index (χ4n) is 2.58. The molecule has 2 aromatic carbocycles. The number of hydrogen-bond donors (Lipinski definition) is 1. The number of benzene rings is 2. The summed E-state index contributed by atoms with van der Waals surface area (Å²) in [4.78, 5) is 26.8. The molecular weight excluding hydrogens is 440 g/mol. The Kier molecular flexibility index (Phi) is 7.50. The average molecular weight is 465 g/mol. The molecule has 0 heterocycles. The lowest BCUT2D eigenvalue weighted by molar-refractivity contribution is -0.122. The van der Waals surface area contributed by atoms with Crippen LogP contribution >= 0.6 is 15.9 Å². The number of nitrogens with one attached hydrogen (secondary N) is 1. The minimum Gasteiger partial charge on any atom is -0.493 e. The largest absolute Gasteiger partial charge is 0.493 e. The highest BCUT2D eigenvalue weighted by Gasteiger charge is 2.23. The van der Waals surface area contributed by atoms with Crippen LogP contribution in [0.15, 0.2) is 34.8 Å². The summed E-state index contributed by atoms with van der Waals surface area (Å²) in [5, 5.41) is 2.76. The summed E-state index contributed by atoms with van der Waals surface area (Å²) < 4.78 is 17.1. The number of amides is 2. The van der Waals surface area contributed by atoms with Crippen LogP contribution in [0.2, 0.25) is 0 Å². The minimum atomic E-state index is -0.801. The molecule has 0 aromatic heterocycles. The van der Waals surface area contributed by atoms with Crippen molar-refractivity contribution in [2.75, 3.05) is 33.6 Å². The summed E-state index contributed by atoms with van der Waals surface area (Å²) in [6.07, 6.45) is -0.801. The molecule has 1 N–H and O–H groups in total. The first-order chi connectivity index (χ1) is 13.7. The van der Waals surface area contributed by atoms with Gasteiger partial charge in [0, 0.05) is 20.2 Å². The van der Waals surface area contributed by atoms with Gasteiger partial charge in [-0.25, -0.2) is 0 Å². The number of hydrogen-bond acceptors (Lipinski definition) is 5. The van der Waals surface area contributed by atoms with E-state index in [4.69, 9.17) is 14.2 Å². The topological polar surface area (TPSA) is 77.1 Å². The molecule has 2 aromatic rings. The Balaban J connectivity index is 2.30. The molecule has 0 spiro atoms. The molecule has 2 amide bonds. The molecule has 0 saturated carbocycles. The molecule has 156 valence electrons. The number of halogens is 1. The highest BCUT2D eigenvalue weighted by molar-refractivity contribution is 9.10. The van der Waals surface area contributed by atoms with Crippen LogP contribution in [0.25, 0.3) is 0 Å². The number of rotatable bonds is 7. The van der Waals surface area contributed by atoms with E-state index in [1.807, 2.05) is 19.1 Å². The number of anilines is 1. The van der Waals surface area contributed by atoms with E-state index in [2.05, 4.69) is 21.2 Å². The average Bonchev–Trinajstić information content (AvgIpc) is 2.68. The highest BCUT2D eigenvalue weighted by Crippen LogP contribution is 2.34. The number of ether oxygens (including phenoxy) is 3. The third-order valence-corrected chi connectivity index (χ3v) is 4.80. The second-order valence-corrected chi connectivity index (χ2v) is 7.49. The summed E-state index contributed by atoms with van der Waals surface area (Å²) >= 11 is 3.44. The zero-order valence-electron chi connectivity index (χ0n) is 17.3. The lowest BCUT2D eigenvalue weighted by Crippen LogP contribution is -2.31. The third kappa shape index (κ3) is 5.41. The lowest BCUT2D eigenvalue weighted by atomic mass is 10.1. The van der Waals surface area contributed by atoms with E-state index in [1.54, 1.807) is 39.2 Å². The lowest BCUT2D eigenvalue weighted by Gasteiger charge is -2.20. The van der Waals surface area contributed by atoms with E-state index in [-0.39, 0.29) is 11.5 Å². The van der Waals surface area contributed by atoms with Gasteiger partial charge in [0.25, 0.3) is 11.8 Å². The van der Waals surface area contributed by atoms with Gasteiger partial charge in [-0.3, -0.25) is 9.59 Å². The zero-order chi connectivity index (χ0) is 21.7. The van der Waals surface area contributed by atoms with Crippen molar-refractivity contribution in [1.29, 1.82) is 0 Å². The van der Waals surface area contributed by atoms with Crippen molar-refractivity contribution in [3.63, 3.8) is 0 Å². The number of aryl methyl sites for hydroxylation is 1. The van der Waals surface area contributed by atoms with Crippen LogP contribution in [0.1, 0.15) is 22.8 Å². The Hall–Kier alpha value is -2.74. The smallest absolute Gasteiger partial charge is 0.265 e. The van der Waals surface area contributed by atoms with Gasteiger partial charge in [0.05, 0.1) is 29.9 Å². The quantitative estimate of drug-likeness (QED) is 0.672. The number of carbonyl (C=O) groups is 2. The van der Waals surface area contributed by atoms with Gasteiger partial charge in [-0.15, -0.1) is 0 Å². The molecule has 0 aliphatic rings. The SMILES string of the molecule is COc1cc(NC(=O)C(C)Oc2ccc(C)cc2Br)c(C(=O)N(C)C)cc1OC. The minimum absolute atomic E-state index is 0.281. The van der Waals surface area contributed by atoms with Crippen molar-refractivity contribution in [3.8, 4) is 17.2 Å². The van der Waals surface area contributed by atoms with Gasteiger partial charge in [0.2, 0.25) is 0 Å². The molecule has 0 fully saturated rings. The van der Waals surface area contributed by atoms with Crippen molar-refractivity contribution in [2.24, 2.45) is 0 Å². The summed E-state index contributed by atoms with van der Waals surface area (Å²) in [5.74, 6) is 0.653. The summed E-state index contributed by atoms with van der Waals surface area (Å²) in [7, 11) is 6.23. The molecule has 0 bridgehead atoms. The monoisotopic (exact) mass is 464 g/mol. The van der Waals surface area contributed by atoms with Crippen LogP contribution < -0.4 is 19.5 Å². The molecule has 1 unspecified atom stereocenters. The number of nitrogens with zero attached hydrogens (tertiary/aromatic N) is 1. The zero-order valence-corrected chi connectivity index (χ0v) is 18.9. The maximum atomic E-state index is 12.7. The predicted molar refractivity (Wildman–Crippen MR) is 115 cm³/mol. The highest BCUT2D eigenvalue weighted by atomic mass is 79.9. The van der Waals surface area contributed by atoms with E-state index in [0.29, 0.717) is 22.9 Å². The molecule has 1 atom stereocenters. The Bertz CT molecular complexity index is 914. The fourth-order valence-corrected chi connectivity index (χ4v) is 3.17. The Morgan fingerprint density at radius 2 is 1.66 bits per heavy atom. The van der Waals surface area contributed by atoms with E-state index in [9.17, 15) is 9.59 Å². The molecule has 2 rings (SSSR count). The van der Waals surface area contributed by atoms with Crippen LogP contribution in [-0.2, 0) is 4.79 Å². The van der Waals surface area contributed by atoms with Gasteiger partial charge in [-0.2, -0.15) is 0 Å². The van der Waals surface area contributed by atoms with Crippen LogP contribution in [0, 0.1) is 6.92 Å². The summed E-state index contributed by atoms with van der Waals surface area (Å²) in [5.41, 5.74) is 1.66. The van der Waals surface area contributed by atoms with Gasteiger partial charge < -0.3 is 24.4 Å². The third-order valence-electron chi connectivity index (χ3n) is 4.18. The first-order valence-electron chi connectivity index (χ1n) is 8.89. The van der Waals surface area contributed by atoms with Crippen molar-refractivity contribution >= 4 is 33.4 Å². The molecule has 0 aliphatic heterocycles. The van der Waals surface area contributed by atoms with Crippen molar-refractivity contribution in [3.05, 3.63) is 45.9 Å². The molecule has 29 heavy (non-hydrogen) atoms. The Labute approximate surface area is 179 Å². The predicted octanol–water partition coefficient (Wildman–Crippen LogP) is 3.88. The van der Waals surface area contributed by atoms with Gasteiger partial charge >= 0.3 is 0 Å². The Morgan fingerprint density at radius 3 is 2.21 bits per heavy atom. The van der Waals surface area contributed by atoms with Gasteiger partial charge in [0.15, 0.2) is 17.6 Å². The Morgan fingerprint density at radius 1 is 1.03 bits per heavy atom. The van der Waals surface area contributed by atoms with E-state index in [1.165, 1.54) is 19.1 Å². The van der Waals surface area contributed by atoms with Crippen LogP contribution in [0.5, 0.6) is 17.2 Å².